The first-order chi connectivity index (χ1) is 8.02. The first-order valence-electron chi connectivity index (χ1n) is 6.14. The number of ether oxygens (including phenoxy) is 3. The molecule has 0 saturated carbocycles. The van der Waals surface area contributed by atoms with Gasteiger partial charge >= 0.3 is 0 Å². The molecule has 17 heavy (non-hydrogen) atoms. The molecule has 0 N–H and O–H groups in total. The molecule has 0 bridgehead atoms. The summed E-state index contributed by atoms with van der Waals surface area (Å²) in [5.74, 6) is 1.49. The van der Waals surface area contributed by atoms with Crippen LogP contribution in [0, 0.1) is 5.92 Å². The van der Waals surface area contributed by atoms with Crippen molar-refractivity contribution in [2.75, 3.05) is 19.8 Å². The normalized spacial score (nSPS) is 20.1. The van der Waals surface area contributed by atoms with Crippen molar-refractivity contribution in [3.8, 4) is 0 Å². The highest BCUT2D eigenvalue weighted by molar-refractivity contribution is 5.99. The van der Waals surface area contributed by atoms with Crippen molar-refractivity contribution in [1.82, 2.24) is 0 Å². The molecule has 1 aliphatic heterocycles. The van der Waals surface area contributed by atoms with E-state index in [1.165, 1.54) is 0 Å². The maximum atomic E-state index is 11.6. The van der Waals surface area contributed by atoms with Gasteiger partial charge in [-0.15, -0.1) is 0 Å². The first kappa shape index (κ1) is 14.0. The van der Waals surface area contributed by atoms with Crippen LogP contribution in [0.4, 0.5) is 0 Å². The smallest absolute Gasteiger partial charge is 0.240 e. The van der Waals surface area contributed by atoms with E-state index in [1.54, 1.807) is 13.8 Å². The molecule has 1 aliphatic rings. The maximum Gasteiger partial charge on any atom is 0.240 e. The number of ketones is 1. The Balaban J connectivity index is 2.15. The van der Waals surface area contributed by atoms with E-state index in [4.69, 9.17) is 14.2 Å². The minimum absolute atomic E-state index is 0.0790. The van der Waals surface area contributed by atoms with Crippen LogP contribution in [0.3, 0.4) is 0 Å². The molecule has 1 heterocycles. The van der Waals surface area contributed by atoms with Crippen molar-refractivity contribution in [2.45, 2.75) is 40.2 Å². The van der Waals surface area contributed by atoms with Gasteiger partial charge in [-0.1, -0.05) is 13.8 Å². The first-order valence-corrected chi connectivity index (χ1v) is 6.14. The lowest BCUT2D eigenvalue weighted by atomic mass is 10.1. The molecule has 4 heteroatoms. The van der Waals surface area contributed by atoms with Crippen LogP contribution in [0.15, 0.2) is 11.5 Å². The summed E-state index contributed by atoms with van der Waals surface area (Å²) in [4.78, 5) is 11.6. The monoisotopic (exact) mass is 242 g/mol. The molecule has 0 aromatic heterocycles. The van der Waals surface area contributed by atoms with Crippen LogP contribution in [0.1, 0.15) is 34.1 Å². The summed E-state index contributed by atoms with van der Waals surface area (Å²) < 4.78 is 16.0. The predicted octanol–water partition coefficient (Wildman–Crippen LogP) is 2.29. The van der Waals surface area contributed by atoms with Crippen LogP contribution in [0.5, 0.6) is 0 Å². The van der Waals surface area contributed by atoms with E-state index in [-0.39, 0.29) is 5.78 Å². The Labute approximate surface area is 103 Å². The van der Waals surface area contributed by atoms with Gasteiger partial charge in [-0.25, -0.2) is 0 Å². The third-order valence-corrected chi connectivity index (χ3v) is 2.58. The molecular formula is C13H22O4. The molecular weight excluding hydrogens is 220 g/mol. The summed E-state index contributed by atoms with van der Waals surface area (Å²) >= 11 is 0. The molecule has 98 valence electrons. The van der Waals surface area contributed by atoms with Gasteiger partial charge in [0.25, 0.3) is 0 Å². The highest BCUT2D eigenvalue weighted by Gasteiger charge is 2.30. The summed E-state index contributed by atoms with van der Waals surface area (Å²) in [7, 11) is 0. The maximum absolute atomic E-state index is 11.6. The molecule has 0 aliphatic carbocycles. The Morgan fingerprint density at radius 3 is 2.53 bits per heavy atom. The fraction of sp³-hybridized carbons (Fsp3) is 0.769. The number of hydrogen-bond donors (Lipinski definition) is 0. The predicted molar refractivity (Wildman–Crippen MR) is 64.5 cm³/mol. The second-order valence-corrected chi connectivity index (χ2v) is 4.65. The SMILES string of the molecule is CC1=C(OCCOCCC(C)C)C(=O)C(C)O1. The van der Waals surface area contributed by atoms with Crippen LogP contribution in [0.25, 0.3) is 0 Å². The van der Waals surface area contributed by atoms with Gasteiger partial charge in [-0.05, 0) is 26.2 Å². The molecule has 0 aromatic rings. The molecule has 1 atom stereocenters. The standard InChI is InChI=1S/C13H22O4/c1-9(2)5-6-15-7-8-16-13-11(4)17-10(3)12(13)14/h9-10H,5-8H2,1-4H3. The zero-order valence-corrected chi connectivity index (χ0v) is 11.1. The Kier molecular flexibility index (Phi) is 5.48. The van der Waals surface area contributed by atoms with E-state index in [9.17, 15) is 4.79 Å². The summed E-state index contributed by atoms with van der Waals surface area (Å²) in [6, 6.07) is 0. The number of rotatable bonds is 7. The highest BCUT2D eigenvalue weighted by atomic mass is 16.6. The quantitative estimate of drug-likeness (QED) is 0.642. The second-order valence-electron chi connectivity index (χ2n) is 4.65. The number of carbonyl (C=O) groups excluding carboxylic acids is 1. The summed E-state index contributed by atoms with van der Waals surface area (Å²) in [6.07, 6.45) is 0.632. The third kappa shape index (κ3) is 4.38. The van der Waals surface area contributed by atoms with Crippen molar-refractivity contribution >= 4 is 5.78 Å². The lowest BCUT2D eigenvalue weighted by Crippen LogP contribution is -2.16. The van der Waals surface area contributed by atoms with Crippen molar-refractivity contribution in [2.24, 2.45) is 5.92 Å². The Bertz CT molecular complexity index is 294. The fourth-order valence-electron chi connectivity index (χ4n) is 1.53. The van der Waals surface area contributed by atoms with Crippen LogP contribution >= 0.6 is 0 Å². The van der Waals surface area contributed by atoms with Gasteiger partial charge in [-0.3, -0.25) is 4.79 Å². The van der Waals surface area contributed by atoms with Gasteiger partial charge in [0.15, 0.2) is 6.10 Å². The van der Waals surface area contributed by atoms with E-state index in [2.05, 4.69) is 13.8 Å². The lowest BCUT2D eigenvalue weighted by molar-refractivity contribution is -0.123. The molecule has 0 saturated heterocycles. The molecule has 4 nitrogen and oxygen atoms in total. The fourth-order valence-corrected chi connectivity index (χ4v) is 1.53. The van der Waals surface area contributed by atoms with Crippen LogP contribution < -0.4 is 0 Å². The molecule has 1 rings (SSSR count). The molecule has 0 spiro atoms. The molecule has 0 aromatic carbocycles. The van der Waals surface area contributed by atoms with Crippen LogP contribution in [0.2, 0.25) is 0 Å². The van der Waals surface area contributed by atoms with E-state index in [0.717, 1.165) is 13.0 Å². The van der Waals surface area contributed by atoms with Gasteiger partial charge in [-0.2, -0.15) is 0 Å². The minimum atomic E-state index is -0.410. The zero-order valence-electron chi connectivity index (χ0n) is 11.1. The van der Waals surface area contributed by atoms with Crippen LogP contribution in [-0.2, 0) is 19.0 Å². The van der Waals surface area contributed by atoms with E-state index in [1.807, 2.05) is 0 Å². The highest BCUT2D eigenvalue weighted by Crippen LogP contribution is 2.21. The summed E-state index contributed by atoms with van der Waals surface area (Å²) in [6.45, 7) is 9.42. The molecule has 0 amide bonds. The van der Waals surface area contributed by atoms with Gasteiger partial charge in [0.05, 0.1) is 6.61 Å². The molecule has 0 radical (unpaired) electrons. The zero-order chi connectivity index (χ0) is 12.8. The largest absolute Gasteiger partial charge is 0.484 e. The Morgan fingerprint density at radius 2 is 2.00 bits per heavy atom. The molecule has 0 fully saturated rings. The third-order valence-electron chi connectivity index (χ3n) is 2.58. The van der Waals surface area contributed by atoms with Crippen molar-refractivity contribution in [3.63, 3.8) is 0 Å². The topological polar surface area (TPSA) is 44.8 Å². The van der Waals surface area contributed by atoms with Crippen molar-refractivity contribution < 1.29 is 19.0 Å². The van der Waals surface area contributed by atoms with Gasteiger partial charge in [0.1, 0.15) is 12.4 Å². The van der Waals surface area contributed by atoms with Gasteiger partial charge in [0.2, 0.25) is 11.5 Å². The molecule has 1 unspecified atom stereocenters. The minimum Gasteiger partial charge on any atom is -0.484 e. The van der Waals surface area contributed by atoms with Gasteiger partial charge < -0.3 is 14.2 Å². The van der Waals surface area contributed by atoms with E-state index in [0.29, 0.717) is 30.6 Å². The number of carbonyl (C=O) groups is 1. The van der Waals surface area contributed by atoms with Crippen molar-refractivity contribution in [1.29, 1.82) is 0 Å². The average molecular weight is 242 g/mol. The number of Topliss-reactive ketones (excluding diaryl/α,β-unsaturated/α-hetero) is 1. The Hall–Kier alpha value is -1.03. The van der Waals surface area contributed by atoms with Crippen molar-refractivity contribution in [3.05, 3.63) is 11.5 Å². The van der Waals surface area contributed by atoms with E-state index < -0.39 is 6.10 Å². The second kappa shape index (κ2) is 6.64. The summed E-state index contributed by atoms with van der Waals surface area (Å²) in [5, 5.41) is 0. The lowest BCUT2D eigenvalue weighted by Gasteiger charge is -2.08. The average Bonchev–Trinajstić information content (AvgIpc) is 2.48. The number of allylic oxidation sites excluding steroid dienone is 1. The Morgan fingerprint density at radius 1 is 1.29 bits per heavy atom. The summed E-state index contributed by atoms with van der Waals surface area (Å²) in [5.41, 5.74) is 0. The van der Waals surface area contributed by atoms with E-state index >= 15 is 0 Å². The van der Waals surface area contributed by atoms with Crippen LogP contribution in [-0.4, -0.2) is 31.7 Å². The number of hydrogen-bond acceptors (Lipinski definition) is 4. The van der Waals surface area contributed by atoms with Gasteiger partial charge in [0, 0.05) is 6.61 Å².